The summed E-state index contributed by atoms with van der Waals surface area (Å²) in [7, 11) is 0. The van der Waals surface area contributed by atoms with Crippen LogP contribution in [0.3, 0.4) is 0 Å². The van der Waals surface area contributed by atoms with Crippen molar-refractivity contribution in [3.05, 3.63) is 64.0 Å². The van der Waals surface area contributed by atoms with Gasteiger partial charge >= 0.3 is 0 Å². The zero-order chi connectivity index (χ0) is 15.7. The smallest absolute Gasteiger partial charge is 0.256 e. The highest BCUT2D eigenvalue weighted by Crippen LogP contribution is 2.23. The maximum Gasteiger partial charge on any atom is 0.256 e. The van der Waals surface area contributed by atoms with E-state index >= 15 is 0 Å². The zero-order valence-electron chi connectivity index (χ0n) is 11.6. The van der Waals surface area contributed by atoms with E-state index in [1.807, 2.05) is 19.1 Å². The number of hydrogen-bond donors (Lipinski definition) is 1. The van der Waals surface area contributed by atoms with Crippen LogP contribution in [0.4, 0.5) is 5.69 Å². The Labute approximate surface area is 137 Å². The van der Waals surface area contributed by atoms with Gasteiger partial charge in [-0.1, -0.05) is 35.3 Å². The summed E-state index contributed by atoms with van der Waals surface area (Å²) < 4.78 is 0. The third-order valence-corrected chi connectivity index (χ3v) is 3.62. The normalized spacial score (nSPS) is 10.7. The van der Waals surface area contributed by atoms with Gasteiger partial charge in [0.15, 0.2) is 0 Å². The van der Waals surface area contributed by atoms with Crippen molar-refractivity contribution < 1.29 is 4.79 Å². The first kappa shape index (κ1) is 14.8. The van der Waals surface area contributed by atoms with Crippen LogP contribution in [0.25, 0.3) is 10.9 Å². The number of anilines is 1. The first-order valence-electron chi connectivity index (χ1n) is 6.53. The van der Waals surface area contributed by atoms with Gasteiger partial charge < -0.3 is 5.32 Å². The lowest BCUT2D eigenvalue weighted by Crippen LogP contribution is -2.13. The molecule has 3 aromatic rings. The molecule has 2 aromatic heterocycles. The standard InChI is InChI=1S/C16H11Cl2N3O/c1-9-4-5-12(11-3-2-6-19-15(9)11)16(22)20-10-7-13(17)21-14(18)8-10/h2-8H,1H3,(H,20,21,22). The number of halogens is 2. The van der Waals surface area contributed by atoms with E-state index in [2.05, 4.69) is 15.3 Å². The molecular formula is C16H11Cl2N3O. The number of aromatic nitrogens is 2. The SMILES string of the molecule is Cc1ccc(C(=O)Nc2cc(Cl)nc(Cl)c2)c2cccnc12. The fourth-order valence-electron chi connectivity index (χ4n) is 2.25. The zero-order valence-corrected chi connectivity index (χ0v) is 13.1. The highest BCUT2D eigenvalue weighted by Gasteiger charge is 2.12. The molecule has 0 saturated carbocycles. The molecule has 0 spiro atoms. The van der Waals surface area contributed by atoms with Crippen molar-refractivity contribution >= 4 is 45.7 Å². The molecule has 0 atom stereocenters. The Bertz CT molecular complexity index is 860. The van der Waals surface area contributed by atoms with E-state index in [4.69, 9.17) is 23.2 Å². The summed E-state index contributed by atoms with van der Waals surface area (Å²) in [6, 6.07) is 10.4. The molecule has 1 aromatic carbocycles. The second-order valence-electron chi connectivity index (χ2n) is 4.78. The fraction of sp³-hybridized carbons (Fsp3) is 0.0625. The predicted molar refractivity (Wildman–Crippen MR) is 88.7 cm³/mol. The van der Waals surface area contributed by atoms with Crippen LogP contribution in [0.2, 0.25) is 10.3 Å². The predicted octanol–water partition coefficient (Wildman–Crippen LogP) is 4.50. The van der Waals surface area contributed by atoms with Gasteiger partial charge in [0.25, 0.3) is 5.91 Å². The number of aryl methyl sites for hydroxylation is 1. The topological polar surface area (TPSA) is 54.9 Å². The number of pyridine rings is 2. The van der Waals surface area contributed by atoms with Crippen LogP contribution < -0.4 is 5.32 Å². The van der Waals surface area contributed by atoms with Crippen LogP contribution in [0.15, 0.2) is 42.6 Å². The van der Waals surface area contributed by atoms with E-state index in [0.29, 0.717) is 11.3 Å². The average molecular weight is 332 g/mol. The molecule has 22 heavy (non-hydrogen) atoms. The van der Waals surface area contributed by atoms with Gasteiger partial charge in [-0.3, -0.25) is 9.78 Å². The number of nitrogens with one attached hydrogen (secondary N) is 1. The Morgan fingerprint density at radius 3 is 2.59 bits per heavy atom. The van der Waals surface area contributed by atoms with Crippen LogP contribution in [-0.2, 0) is 0 Å². The van der Waals surface area contributed by atoms with Crippen molar-refractivity contribution in [2.24, 2.45) is 0 Å². The van der Waals surface area contributed by atoms with Crippen molar-refractivity contribution in [1.29, 1.82) is 0 Å². The monoisotopic (exact) mass is 331 g/mol. The third kappa shape index (κ3) is 2.89. The van der Waals surface area contributed by atoms with E-state index in [-0.39, 0.29) is 16.2 Å². The minimum atomic E-state index is -0.253. The van der Waals surface area contributed by atoms with Crippen molar-refractivity contribution in [2.45, 2.75) is 6.92 Å². The number of carbonyl (C=O) groups is 1. The molecular weight excluding hydrogens is 321 g/mol. The second kappa shape index (κ2) is 5.91. The molecule has 1 amide bonds. The largest absolute Gasteiger partial charge is 0.322 e. The molecule has 4 nitrogen and oxygen atoms in total. The van der Waals surface area contributed by atoms with E-state index in [0.717, 1.165) is 16.5 Å². The first-order valence-corrected chi connectivity index (χ1v) is 7.29. The van der Waals surface area contributed by atoms with E-state index < -0.39 is 0 Å². The molecule has 0 radical (unpaired) electrons. The Hall–Kier alpha value is -2.17. The van der Waals surface area contributed by atoms with Crippen LogP contribution in [0.1, 0.15) is 15.9 Å². The van der Waals surface area contributed by atoms with Crippen molar-refractivity contribution in [2.75, 3.05) is 5.32 Å². The molecule has 0 saturated heterocycles. The summed E-state index contributed by atoms with van der Waals surface area (Å²) in [4.78, 5) is 20.7. The molecule has 3 rings (SSSR count). The number of fused-ring (bicyclic) bond motifs is 1. The average Bonchev–Trinajstić information content (AvgIpc) is 2.46. The van der Waals surface area contributed by atoms with Crippen LogP contribution >= 0.6 is 23.2 Å². The van der Waals surface area contributed by atoms with E-state index in [9.17, 15) is 4.79 Å². The number of amides is 1. The molecule has 6 heteroatoms. The van der Waals surface area contributed by atoms with Gasteiger partial charge in [-0.05, 0) is 36.8 Å². The second-order valence-corrected chi connectivity index (χ2v) is 5.56. The number of benzene rings is 1. The van der Waals surface area contributed by atoms with E-state index in [1.165, 1.54) is 0 Å². The molecule has 0 unspecified atom stereocenters. The summed E-state index contributed by atoms with van der Waals surface area (Å²) >= 11 is 11.7. The van der Waals surface area contributed by atoms with Crippen molar-refractivity contribution in [3.8, 4) is 0 Å². The molecule has 0 aliphatic rings. The maximum atomic E-state index is 12.5. The highest BCUT2D eigenvalue weighted by molar-refractivity contribution is 6.33. The lowest BCUT2D eigenvalue weighted by atomic mass is 10.0. The number of rotatable bonds is 2. The number of hydrogen-bond acceptors (Lipinski definition) is 3. The molecule has 110 valence electrons. The van der Waals surface area contributed by atoms with Gasteiger partial charge in [0.05, 0.1) is 5.52 Å². The van der Waals surface area contributed by atoms with Crippen LogP contribution in [0.5, 0.6) is 0 Å². The first-order chi connectivity index (χ1) is 10.5. The summed E-state index contributed by atoms with van der Waals surface area (Å²) in [5.41, 5.74) is 2.86. The Kier molecular flexibility index (Phi) is 3.96. The lowest BCUT2D eigenvalue weighted by molar-refractivity contribution is 0.102. The van der Waals surface area contributed by atoms with Crippen LogP contribution in [0, 0.1) is 6.92 Å². The molecule has 0 aliphatic heterocycles. The molecule has 1 N–H and O–H groups in total. The lowest BCUT2D eigenvalue weighted by Gasteiger charge is -2.09. The highest BCUT2D eigenvalue weighted by atomic mass is 35.5. The van der Waals surface area contributed by atoms with E-state index in [1.54, 1.807) is 30.5 Å². The van der Waals surface area contributed by atoms with Crippen molar-refractivity contribution in [3.63, 3.8) is 0 Å². The van der Waals surface area contributed by atoms with Crippen molar-refractivity contribution in [1.82, 2.24) is 9.97 Å². The van der Waals surface area contributed by atoms with Gasteiger partial charge in [-0.25, -0.2) is 4.98 Å². The Balaban J connectivity index is 2.01. The molecule has 0 bridgehead atoms. The Morgan fingerprint density at radius 1 is 1.14 bits per heavy atom. The maximum absolute atomic E-state index is 12.5. The summed E-state index contributed by atoms with van der Waals surface area (Å²) in [5, 5.41) is 4.01. The Morgan fingerprint density at radius 2 is 1.86 bits per heavy atom. The number of carbonyl (C=O) groups excluding carboxylic acids is 1. The summed E-state index contributed by atoms with van der Waals surface area (Å²) in [5.74, 6) is -0.253. The molecule has 2 heterocycles. The molecule has 0 aliphatic carbocycles. The fourth-order valence-corrected chi connectivity index (χ4v) is 2.71. The van der Waals surface area contributed by atoms with Gasteiger partial charge in [0, 0.05) is 22.8 Å². The quantitative estimate of drug-likeness (QED) is 0.703. The van der Waals surface area contributed by atoms with Gasteiger partial charge in [0.2, 0.25) is 0 Å². The summed E-state index contributed by atoms with van der Waals surface area (Å²) in [6.45, 7) is 1.96. The minimum Gasteiger partial charge on any atom is -0.322 e. The minimum absolute atomic E-state index is 0.221. The van der Waals surface area contributed by atoms with Gasteiger partial charge in [-0.2, -0.15) is 0 Å². The molecule has 0 fully saturated rings. The van der Waals surface area contributed by atoms with Crippen LogP contribution in [-0.4, -0.2) is 15.9 Å². The third-order valence-electron chi connectivity index (χ3n) is 3.24. The van der Waals surface area contributed by atoms with Gasteiger partial charge in [-0.15, -0.1) is 0 Å². The van der Waals surface area contributed by atoms with Gasteiger partial charge in [0.1, 0.15) is 10.3 Å². The summed E-state index contributed by atoms with van der Waals surface area (Å²) in [6.07, 6.45) is 1.71. The number of nitrogens with zero attached hydrogens (tertiary/aromatic N) is 2.